The van der Waals surface area contributed by atoms with Crippen molar-refractivity contribution in [1.29, 1.82) is 0 Å². The maximum absolute atomic E-state index is 11.5. The molecule has 1 aromatic carbocycles. The molecule has 3 nitrogen and oxygen atoms in total. The van der Waals surface area contributed by atoms with Gasteiger partial charge in [0.2, 0.25) is 5.91 Å². The molecule has 17 heavy (non-hydrogen) atoms. The third kappa shape index (κ3) is 1.84. The topological polar surface area (TPSA) is 49.3 Å². The highest BCUT2D eigenvalue weighted by Gasteiger charge is 2.31. The van der Waals surface area contributed by atoms with E-state index in [0.29, 0.717) is 6.42 Å². The molecule has 3 heteroatoms. The van der Waals surface area contributed by atoms with Crippen molar-refractivity contribution in [2.45, 2.75) is 39.5 Å². The molecule has 0 aliphatic carbocycles. The van der Waals surface area contributed by atoms with Crippen LogP contribution in [0.1, 0.15) is 36.1 Å². The van der Waals surface area contributed by atoms with E-state index in [4.69, 9.17) is 0 Å². The second-order valence-electron chi connectivity index (χ2n) is 5.49. The summed E-state index contributed by atoms with van der Waals surface area (Å²) in [5.41, 5.74) is 5.03. The van der Waals surface area contributed by atoms with Crippen LogP contribution in [0.5, 0.6) is 0 Å². The summed E-state index contributed by atoms with van der Waals surface area (Å²) < 4.78 is 0. The predicted octanol–water partition coefficient (Wildman–Crippen LogP) is 2.07. The minimum Gasteiger partial charge on any atom is -0.395 e. The number of nitrogens with one attached hydrogen (secondary N) is 1. The van der Waals surface area contributed by atoms with Crippen molar-refractivity contribution in [3.8, 4) is 0 Å². The molecule has 1 amide bonds. The number of anilines is 1. The maximum atomic E-state index is 11.5. The van der Waals surface area contributed by atoms with Gasteiger partial charge in [-0.05, 0) is 36.1 Å². The fourth-order valence-electron chi connectivity index (χ4n) is 2.55. The lowest BCUT2D eigenvalue weighted by atomic mass is 9.79. The number of hydrogen-bond donors (Lipinski definition) is 2. The van der Waals surface area contributed by atoms with Gasteiger partial charge in [0.1, 0.15) is 0 Å². The van der Waals surface area contributed by atoms with Gasteiger partial charge in [-0.25, -0.2) is 0 Å². The molecule has 0 spiro atoms. The number of hydrogen-bond acceptors (Lipinski definition) is 2. The number of aliphatic hydroxyl groups excluding tert-OH is 1. The molecule has 1 aromatic rings. The van der Waals surface area contributed by atoms with Crippen LogP contribution in [0.4, 0.5) is 5.69 Å². The molecule has 2 N–H and O–H groups in total. The summed E-state index contributed by atoms with van der Waals surface area (Å²) in [5.74, 6) is 0.0417. The number of amides is 1. The van der Waals surface area contributed by atoms with Crippen LogP contribution in [-0.2, 0) is 16.6 Å². The van der Waals surface area contributed by atoms with Crippen LogP contribution in [0.3, 0.4) is 0 Å². The zero-order valence-corrected chi connectivity index (χ0v) is 10.8. The summed E-state index contributed by atoms with van der Waals surface area (Å²) in [6.45, 7) is 8.17. The largest absolute Gasteiger partial charge is 0.395 e. The summed E-state index contributed by atoms with van der Waals surface area (Å²) in [7, 11) is 0. The summed E-state index contributed by atoms with van der Waals surface area (Å²) in [6, 6.07) is 2.07. The molecule has 2 rings (SSSR count). The van der Waals surface area contributed by atoms with Crippen LogP contribution in [0.2, 0.25) is 0 Å². The third-order valence-corrected chi connectivity index (χ3v) is 3.62. The zero-order chi connectivity index (χ0) is 12.8. The van der Waals surface area contributed by atoms with Gasteiger partial charge in [0, 0.05) is 11.1 Å². The molecule has 0 aromatic heterocycles. The SMILES string of the molecule is Cc1cc2c(c(C(C)(C)CO)c1C)NC(=O)C2. The number of fused-ring (bicyclic) bond motifs is 1. The molecular weight excluding hydrogens is 214 g/mol. The van der Waals surface area contributed by atoms with Crippen molar-refractivity contribution in [3.63, 3.8) is 0 Å². The average molecular weight is 233 g/mol. The number of carbonyl (C=O) groups is 1. The highest BCUT2D eigenvalue weighted by Crippen LogP contribution is 2.39. The summed E-state index contributed by atoms with van der Waals surface area (Å²) >= 11 is 0. The van der Waals surface area contributed by atoms with Gasteiger partial charge < -0.3 is 10.4 Å². The first-order valence-electron chi connectivity index (χ1n) is 5.91. The quantitative estimate of drug-likeness (QED) is 0.821. The van der Waals surface area contributed by atoms with Crippen LogP contribution < -0.4 is 5.32 Å². The van der Waals surface area contributed by atoms with Crippen LogP contribution >= 0.6 is 0 Å². The molecule has 92 valence electrons. The van der Waals surface area contributed by atoms with E-state index < -0.39 is 0 Å². The zero-order valence-electron chi connectivity index (χ0n) is 10.8. The van der Waals surface area contributed by atoms with Crippen LogP contribution in [0, 0.1) is 13.8 Å². The molecule has 0 fully saturated rings. The first-order chi connectivity index (χ1) is 7.86. The van der Waals surface area contributed by atoms with Gasteiger partial charge >= 0.3 is 0 Å². The van der Waals surface area contributed by atoms with Gasteiger partial charge in [-0.3, -0.25) is 4.79 Å². The lowest BCUT2D eigenvalue weighted by Gasteiger charge is -2.28. The molecule has 0 unspecified atom stereocenters. The third-order valence-electron chi connectivity index (χ3n) is 3.62. The number of aliphatic hydroxyl groups is 1. The van der Waals surface area contributed by atoms with Gasteiger partial charge in [-0.15, -0.1) is 0 Å². The molecule has 0 atom stereocenters. The molecule has 0 radical (unpaired) electrons. The monoisotopic (exact) mass is 233 g/mol. The Kier molecular flexibility index (Phi) is 2.74. The summed E-state index contributed by atoms with van der Waals surface area (Å²) in [4.78, 5) is 11.5. The van der Waals surface area contributed by atoms with Gasteiger partial charge in [0.15, 0.2) is 0 Å². The Morgan fingerprint density at radius 1 is 1.41 bits per heavy atom. The Bertz CT molecular complexity index is 489. The second-order valence-corrected chi connectivity index (χ2v) is 5.49. The van der Waals surface area contributed by atoms with Gasteiger partial charge in [-0.1, -0.05) is 19.9 Å². The van der Waals surface area contributed by atoms with Gasteiger partial charge in [0.25, 0.3) is 0 Å². The van der Waals surface area contributed by atoms with Crippen LogP contribution in [0.15, 0.2) is 6.07 Å². The minimum absolute atomic E-state index is 0.0417. The lowest BCUT2D eigenvalue weighted by Crippen LogP contribution is -2.25. The predicted molar refractivity (Wildman–Crippen MR) is 68.4 cm³/mol. The molecular formula is C14H19NO2. The Hall–Kier alpha value is -1.35. The lowest BCUT2D eigenvalue weighted by molar-refractivity contribution is -0.115. The first kappa shape index (κ1) is 12.1. The van der Waals surface area contributed by atoms with E-state index in [2.05, 4.69) is 18.3 Å². The van der Waals surface area contributed by atoms with Crippen LogP contribution in [0.25, 0.3) is 0 Å². The van der Waals surface area contributed by atoms with Crippen LogP contribution in [-0.4, -0.2) is 17.6 Å². The standard InChI is InChI=1S/C14H19NO2/c1-8-5-10-6-11(17)15-13(10)12(9(8)2)14(3,4)7-16/h5,16H,6-7H2,1-4H3,(H,15,17). The highest BCUT2D eigenvalue weighted by molar-refractivity contribution is 6.00. The molecule has 1 heterocycles. The second kappa shape index (κ2) is 3.84. The Balaban J connectivity index is 2.70. The average Bonchev–Trinajstić information content (AvgIpc) is 2.59. The van der Waals surface area contributed by atoms with Crippen molar-refractivity contribution < 1.29 is 9.90 Å². The Morgan fingerprint density at radius 3 is 2.65 bits per heavy atom. The number of aryl methyl sites for hydroxylation is 1. The molecule has 0 saturated carbocycles. The number of rotatable bonds is 2. The van der Waals surface area contributed by atoms with Crippen molar-refractivity contribution in [1.82, 2.24) is 0 Å². The molecule has 1 aliphatic rings. The normalized spacial score (nSPS) is 14.8. The molecule has 1 aliphatic heterocycles. The van der Waals surface area contributed by atoms with Crippen molar-refractivity contribution in [3.05, 3.63) is 28.3 Å². The number of carbonyl (C=O) groups excluding carboxylic acids is 1. The fraction of sp³-hybridized carbons (Fsp3) is 0.500. The Morgan fingerprint density at radius 2 is 2.06 bits per heavy atom. The van der Waals surface area contributed by atoms with E-state index in [-0.39, 0.29) is 17.9 Å². The summed E-state index contributed by atoms with van der Waals surface area (Å²) in [5, 5.41) is 12.5. The van der Waals surface area contributed by atoms with E-state index in [1.165, 1.54) is 5.56 Å². The van der Waals surface area contributed by atoms with Gasteiger partial charge in [-0.2, -0.15) is 0 Å². The van der Waals surface area contributed by atoms with Crippen molar-refractivity contribution in [2.24, 2.45) is 0 Å². The molecule has 0 bridgehead atoms. The van der Waals surface area contributed by atoms with Crippen molar-refractivity contribution >= 4 is 11.6 Å². The summed E-state index contributed by atoms with van der Waals surface area (Å²) in [6.07, 6.45) is 0.449. The number of benzene rings is 1. The van der Waals surface area contributed by atoms with E-state index >= 15 is 0 Å². The smallest absolute Gasteiger partial charge is 0.228 e. The van der Waals surface area contributed by atoms with E-state index in [0.717, 1.165) is 22.4 Å². The fourth-order valence-corrected chi connectivity index (χ4v) is 2.55. The maximum Gasteiger partial charge on any atom is 0.228 e. The van der Waals surface area contributed by atoms with E-state index in [9.17, 15) is 9.90 Å². The first-order valence-corrected chi connectivity index (χ1v) is 5.91. The minimum atomic E-state index is -0.336. The van der Waals surface area contributed by atoms with E-state index in [1.807, 2.05) is 20.8 Å². The van der Waals surface area contributed by atoms with E-state index in [1.54, 1.807) is 0 Å². The van der Waals surface area contributed by atoms with Gasteiger partial charge in [0.05, 0.1) is 13.0 Å². The van der Waals surface area contributed by atoms with Crippen molar-refractivity contribution in [2.75, 3.05) is 11.9 Å². The highest BCUT2D eigenvalue weighted by atomic mass is 16.3. The molecule has 0 saturated heterocycles. The Labute approximate surface area is 102 Å².